The SMILES string of the molecule is COC(=O)N1CCC(NC(=O)C2CCN(C(=O)CCc3ccccc3)CC2)CC1. The highest BCUT2D eigenvalue weighted by Gasteiger charge is 2.30. The summed E-state index contributed by atoms with van der Waals surface area (Å²) in [5.41, 5.74) is 1.17. The first-order chi connectivity index (χ1) is 14.1. The van der Waals surface area contributed by atoms with Gasteiger partial charge in [-0.3, -0.25) is 9.59 Å². The highest BCUT2D eigenvalue weighted by atomic mass is 16.5. The molecule has 2 heterocycles. The average Bonchev–Trinajstić information content (AvgIpc) is 2.78. The molecule has 0 atom stereocenters. The molecule has 0 aromatic heterocycles. The van der Waals surface area contributed by atoms with E-state index in [-0.39, 0.29) is 29.9 Å². The van der Waals surface area contributed by atoms with E-state index in [0.29, 0.717) is 45.4 Å². The number of nitrogens with zero attached hydrogens (tertiary/aromatic N) is 2. The van der Waals surface area contributed by atoms with E-state index in [1.807, 2.05) is 35.2 Å². The van der Waals surface area contributed by atoms with Crippen LogP contribution >= 0.6 is 0 Å². The second-order valence-corrected chi connectivity index (χ2v) is 7.88. The molecule has 0 saturated carbocycles. The summed E-state index contributed by atoms with van der Waals surface area (Å²) in [4.78, 5) is 40.2. The number of likely N-dealkylation sites (tertiary alicyclic amines) is 2. The fourth-order valence-electron chi connectivity index (χ4n) is 4.10. The Balaban J connectivity index is 1.36. The first-order valence-corrected chi connectivity index (χ1v) is 10.5. The van der Waals surface area contributed by atoms with Gasteiger partial charge in [0.15, 0.2) is 0 Å². The molecule has 2 aliphatic rings. The highest BCUT2D eigenvalue weighted by molar-refractivity contribution is 5.80. The lowest BCUT2D eigenvalue weighted by molar-refractivity contribution is -0.135. The Morgan fingerprint density at radius 2 is 1.59 bits per heavy atom. The van der Waals surface area contributed by atoms with Crippen molar-refractivity contribution in [3.05, 3.63) is 35.9 Å². The Hall–Kier alpha value is -2.57. The number of aryl methyl sites for hydroxylation is 1. The summed E-state index contributed by atoms with van der Waals surface area (Å²) < 4.78 is 4.74. The van der Waals surface area contributed by atoms with E-state index >= 15 is 0 Å². The van der Waals surface area contributed by atoms with Gasteiger partial charge in [0.1, 0.15) is 0 Å². The van der Waals surface area contributed by atoms with Gasteiger partial charge in [-0.2, -0.15) is 0 Å². The molecule has 0 spiro atoms. The molecule has 0 unspecified atom stereocenters. The van der Waals surface area contributed by atoms with Crippen LogP contribution in [-0.2, 0) is 20.7 Å². The number of nitrogens with one attached hydrogen (secondary N) is 1. The van der Waals surface area contributed by atoms with Crippen molar-refractivity contribution in [3.63, 3.8) is 0 Å². The van der Waals surface area contributed by atoms with Crippen LogP contribution in [0.15, 0.2) is 30.3 Å². The number of rotatable bonds is 5. The standard InChI is InChI=1S/C22H31N3O4/c1-29-22(28)25-15-11-19(12-16-25)23-21(27)18-9-13-24(14-10-18)20(26)8-7-17-5-3-2-4-6-17/h2-6,18-19H,7-16H2,1H3,(H,23,27). The minimum absolute atomic E-state index is 0.0354. The van der Waals surface area contributed by atoms with Crippen molar-refractivity contribution in [2.45, 2.75) is 44.6 Å². The van der Waals surface area contributed by atoms with Gasteiger partial charge < -0.3 is 19.9 Å². The van der Waals surface area contributed by atoms with E-state index in [2.05, 4.69) is 5.32 Å². The zero-order valence-electron chi connectivity index (χ0n) is 17.1. The van der Waals surface area contributed by atoms with Crippen LogP contribution in [0.1, 0.15) is 37.7 Å². The number of carbonyl (C=O) groups is 3. The molecular formula is C22H31N3O4. The maximum atomic E-state index is 12.6. The highest BCUT2D eigenvalue weighted by Crippen LogP contribution is 2.20. The van der Waals surface area contributed by atoms with Gasteiger partial charge in [0, 0.05) is 44.6 Å². The monoisotopic (exact) mass is 401 g/mol. The van der Waals surface area contributed by atoms with Gasteiger partial charge in [-0.1, -0.05) is 30.3 Å². The van der Waals surface area contributed by atoms with Gasteiger partial charge in [0.2, 0.25) is 11.8 Å². The average molecular weight is 402 g/mol. The molecule has 1 aromatic rings. The zero-order valence-corrected chi connectivity index (χ0v) is 17.1. The van der Waals surface area contributed by atoms with E-state index in [0.717, 1.165) is 19.3 Å². The summed E-state index contributed by atoms with van der Waals surface area (Å²) >= 11 is 0. The van der Waals surface area contributed by atoms with Gasteiger partial charge >= 0.3 is 6.09 Å². The molecule has 2 fully saturated rings. The number of hydrogen-bond donors (Lipinski definition) is 1. The van der Waals surface area contributed by atoms with Crippen molar-refractivity contribution >= 4 is 17.9 Å². The zero-order chi connectivity index (χ0) is 20.6. The van der Waals surface area contributed by atoms with Crippen molar-refractivity contribution in [1.29, 1.82) is 0 Å². The van der Waals surface area contributed by atoms with Crippen LogP contribution in [-0.4, -0.2) is 67.0 Å². The summed E-state index contributed by atoms with van der Waals surface area (Å²) in [5, 5.41) is 3.14. The molecule has 158 valence electrons. The van der Waals surface area contributed by atoms with Gasteiger partial charge in [-0.25, -0.2) is 4.79 Å². The molecule has 7 nitrogen and oxygen atoms in total. The van der Waals surface area contributed by atoms with E-state index in [9.17, 15) is 14.4 Å². The Bertz CT molecular complexity index is 693. The second-order valence-electron chi connectivity index (χ2n) is 7.88. The molecule has 2 saturated heterocycles. The van der Waals surface area contributed by atoms with E-state index in [1.54, 1.807) is 4.90 Å². The maximum Gasteiger partial charge on any atom is 0.409 e. The first-order valence-electron chi connectivity index (χ1n) is 10.5. The minimum Gasteiger partial charge on any atom is -0.453 e. The maximum absolute atomic E-state index is 12.6. The Morgan fingerprint density at radius 1 is 0.966 bits per heavy atom. The fourth-order valence-corrected chi connectivity index (χ4v) is 4.10. The predicted octanol–water partition coefficient (Wildman–Crippen LogP) is 2.20. The molecule has 1 N–H and O–H groups in total. The first kappa shape index (κ1) is 21.1. The van der Waals surface area contributed by atoms with Crippen LogP contribution in [0.25, 0.3) is 0 Å². The van der Waals surface area contributed by atoms with Crippen molar-refractivity contribution < 1.29 is 19.1 Å². The molecule has 29 heavy (non-hydrogen) atoms. The number of methoxy groups -OCH3 is 1. The van der Waals surface area contributed by atoms with Crippen molar-refractivity contribution in [2.24, 2.45) is 5.92 Å². The normalized spacial score (nSPS) is 18.4. The molecule has 7 heteroatoms. The summed E-state index contributed by atoms with van der Waals surface area (Å²) in [6, 6.07) is 10.1. The third-order valence-corrected chi connectivity index (χ3v) is 5.96. The molecule has 2 aliphatic heterocycles. The van der Waals surface area contributed by atoms with Gasteiger partial charge in [0.05, 0.1) is 7.11 Å². The van der Waals surface area contributed by atoms with Crippen LogP contribution in [0.5, 0.6) is 0 Å². The lowest BCUT2D eigenvalue weighted by atomic mass is 9.94. The van der Waals surface area contributed by atoms with Crippen molar-refractivity contribution in [1.82, 2.24) is 15.1 Å². The smallest absolute Gasteiger partial charge is 0.409 e. The van der Waals surface area contributed by atoms with Crippen LogP contribution in [0.4, 0.5) is 4.79 Å². The molecule has 3 rings (SSSR count). The molecule has 1 aromatic carbocycles. The molecular weight excluding hydrogens is 370 g/mol. The Labute approximate surface area is 172 Å². The largest absolute Gasteiger partial charge is 0.453 e. The van der Waals surface area contributed by atoms with Gasteiger partial charge in [-0.05, 0) is 37.7 Å². The number of amides is 3. The van der Waals surface area contributed by atoms with E-state index in [4.69, 9.17) is 4.74 Å². The number of benzene rings is 1. The number of hydrogen-bond acceptors (Lipinski definition) is 4. The summed E-state index contributed by atoms with van der Waals surface area (Å²) in [6.07, 6.45) is 3.88. The van der Waals surface area contributed by atoms with Crippen molar-refractivity contribution in [2.75, 3.05) is 33.3 Å². The van der Waals surface area contributed by atoms with E-state index in [1.165, 1.54) is 12.7 Å². The topological polar surface area (TPSA) is 79.0 Å². The summed E-state index contributed by atoms with van der Waals surface area (Å²) in [7, 11) is 1.38. The number of piperidine rings is 2. The second kappa shape index (κ2) is 10.3. The summed E-state index contributed by atoms with van der Waals surface area (Å²) in [5.74, 6) is 0.215. The van der Waals surface area contributed by atoms with Gasteiger partial charge in [-0.15, -0.1) is 0 Å². The quantitative estimate of drug-likeness (QED) is 0.820. The third-order valence-electron chi connectivity index (χ3n) is 5.96. The van der Waals surface area contributed by atoms with Crippen LogP contribution in [0.3, 0.4) is 0 Å². The molecule has 3 amide bonds. The molecule has 0 aliphatic carbocycles. The molecule has 0 radical (unpaired) electrons. The number of carbonyl (C=O) groups excluding carboxylic acids is 3. The summed E-state index contributed by atoms with van der Waals surface area (Å²) in [6.45, 7) is 2.50. The van der Waals surface area contributed by atoms with Crippen molar-refractivity contribution in [3.8, 4) is 0 Å². The Kier molecular flexibility index (Phi) is 7.49. The van der Waals surface area contributed by atoms with Crippen LogP contribution < -0.4 is 5.32 Å². The lowest BCUT2D eigenvalue weighted by Gasteiger charge is -2.34. The van der Waals surface area contributed by atoms with Crippen LogP contribution in [0.2, 0.25) is 0 Å². The Morgan fingerprint density at radius 3 is 2.21 bits per heavy atom. The number of ether oxygens (including phenoxy) is 1. The predicted molar refractivity (Wildman–Crippen MR) is 109 cm³/mol. The minimum atomic E-state index is -0.306. The molecule has 0 bridgehead atoms. The fraction of sp³-hybridized carbons (Fsp3) is 0.591. The van der Waals surface area contributed by atoms with E-state index < -0.39 is 0 Å². The third kappa shape index (κ3) is 5.95. The van der Waals surface area contributed by atoms with Crippen LogP contribution in [0, 0.1) is 5.92 Å². The lowest BCUT2D eigenvalue weighted by Crippen LogP contribution is -2.49. The van der Waals surface area contributed by atoms with Gasteiger partial charge in [0.25, 0.3) is 0 Å².